The van der Waals surface area contributed by atoms with Crippen LogP contribution >= 0.6 is 0 Å². The molecule has 144 valence electrons. The number of amides is 1. The standard InChI is InChI=1S/C18H37NO5/c1-4-7-12-22-17(10-11-20)18(23-13-8-5-2)15-19(16-21)24-14-9-6-3/h16-18,20H,4-15H2,1-3H3/t17-,18+/m1/s1. The van der Waals surface area contributed by atoms with E-state index in [2.05, 4.69) is 20.8 Å². The van der Waals surface area contributed by atoms with Crippen molar-refractivity contribution in [3.8, 4) is 0 Å². The third kappa shape index (κ3) is 11.8. The molecule has 0 aromatic carbocycles. The lowest BCUT2D eigenvalue weighted by molar-refractivity contribution is -0.192. The second-order valence-electron chi connectivity index (χ2n) is 5.93. The largest absolute Gasteiger partial charge is 0.396 e. The smallest absolute Gasteiger partial charge is 0.233 e. The van der Waals surface area contributed by atoms with Gasteiger partial charge in [-0.3, -0.25) is 9.63 Å². The van der Waals surface area contributed by atoms with Crippen molar-refractivity contribution in [1.82, 2.24) is 5.06 Å². The zero-order valence-electron chi connectivity index (χ0n) is 15.7. The molecule has 0 fully saturated rings. The third-order valence-electron chi connectivity index (χ3n) is 3.72. The lowest BCUT2D eigenvalue weighted by Gasteiger charge is -2.30. The molecular formula is C18H37NO5. The minimum atomic E-state index is -0.299. The molecule has 1 amide bonds. The number of hydrogen-bond donors (Lipinski definition) is 1. The number of nitrogens with zero attached hydrogens (tertiary/aromatic N) is 1. The molecule has 24 heavy (non-hydrogen) atoms. The van der Waals surface area contributed by atoms with Crippen LogP contribution in [-0.4, -0.2) is 61.8 Å². The summed E-state index contributed by atoms with van der Waals surface area (Å²) in [6.07, 6.45) is 6.56. The first-order chi connectivity index (χ1) is 11.7. The molecule has 0 radical (unpaired) electrons. The quantitative estimate of drug-likeness (QED) is 0.235. The molecule has 0 spiro atoms. The predicted molar refractivity (Wildman–Crippen MR) is 94.6 cm³/mol. The fourth-order valence-corrected chi connectivity index (χ4v) is 2.17. The predicted octanol–water partition coefficient (Wildman–Crippen LogP) is 2.93. The van der Waals surface area contributed by atoms with Gasteiger partial charge in [-0.05, 0) is 25.7 Å². The summed E-state index contributed by atoms with van der Waals surface area (Å²) in [5.74, 6) is 0. The summed E-state index contributed by atoms with van der Waals surface area (Å²) in [5.41, 5.74) is 0. The van der Waals surface area contributed by atoms with Crippen LogP contribution in [0.25, 0.3) is 0 Å². The van der Waals surface area contributed by atoms with Gasteiger partial charge in [-0.1, -0.05) is 40.0 Å². The van der Waals surface area contributed by atoms with E-state index >= 15 is 0 Å². The summed E-state index contributed by atoms with van der Waals surface area (Å²) in [7, 11) is 0. The Balaban J connectivity index is 4.69. The van der Waals surface area contributed by atoms with E-state index in [1.54, 1.807) is 0 Å². The van der Waals surface area contributed by atoms with Crippen LogP contribution in [0.4, 0.5) is 0 Å². The van der Waals surface area contributed by atoms with E-state index in [-0.39, 0.29) is 18.8 Å². The van der Waals surface area contributed by atoms with E-state index in [0.717, 1.165) is 38.5 Å². The maximum absolute atomic E-state index is 11.3. The number of hydroxylamine groups is 2. The Labute approximate surface area is 147 Å². The molecule has 0 saturated carbocycles. The molecule has 0 aliphatic rings. The van der Waals surface area contributed by atoms with E-state index in [9.17, 15) is 9.90 Å². The molecule has 6 nitrogen and oxygen atoms in total. The highest BCUT2D eigenvalue weighted by Crippen LogP contribution is 2.13. The second-order valence-corrected chi connectivity index (χ2v) is 5.93. The molecule has 0 unspecified atom stereocenters. The van der Waals surface area contributed by atoms with Crippen molar-refractivity contribution in [3.63, 3.8) is 0 Å². The monoisotopic (exact) mass is 347 g/mol. The van der Waals surface area contributed by atoms with E-state index in [1.165, 1.54) is 5.06 Å². The molecule has 0 aliphatic heterocycles. The number of carbonyl (C=O) groups excluding carboxylic acids is 1. The van der Waals surface area contributed by atoms with E-state index in [1.807, 2.05) is 0 Å². The Hall–Kier alpha value is -0.690. The van der Waals surface area contributed by atoms with Gasteiger partial charge >= 0.3 is 0 Å². The fraction of sp³-hybridized carbons (Fsp3) is 0.944. The van der Waals surface area contributed by atoms with Crippen molar-refractivity contribution >= 4 is 6.41 Å². The number of rotatable bonds is 18. The highest BCUT2D eigenvalue weighted by atomic mass is 16.7. The number of aliphatic hydroxyl groups is 1. The molecule has 1 N–H and O–H groups in total. The SMILES string of the molecule is CCCCO[C@@H](CN(C=O)OCCCC)[C@@H](CCO)OCCCC. The highest BCUT2D eigenvalue weighted by molar-refractivity contribution is 5.45. The normalized spacial score (nSPS) is 13.7. The van der Waals surface area contributed by atoms with Crippen LogP contribution in [0, 0.1) is 0 Å². The van der Waals surface area contributed by atoms with Crippen molar-refractivity contribution in [2.75, 3.05) is 33.0 Å². The van der Waals surface area contributed by atoms with Crippen molar-refractivity contribution in [3.05, 3.63) is 0 Å². The van der Waals surface area contributed by atoms with Gasteiger partial charge in [0.2, 0.25) is 6.41 Å². The van der Waals surface area contributed by atoms with E-state index < -0.39 is 0 Å². The van der Waals surface area contributed by atoms with Gasteiger partial charge < -0.3 is 14.6 Å². The van der Waals surface area contributed by atoms with Crippen LogP contribution in [0.15, 0.2) is 0 Å². The van der Waals surface area contributed by atoms with Crippen molar-refractivity contribution in [2.45, 2.75) is 77.9 Å². The van der Waals surface area contributed by atoms with Gasteiger partial charge in [0, 0.05) is 19.8 Å². The summed E-state index contributed by atoms with van der Waals surface area (Å²) >= 11 is 0. The van der Waals surface area contributed by atoms with Gasteiger partial charge in [0.25, 0.3) is 0 Å². The molecule has 0 bridgehead atoms. The Kier molecular flexibility index (Phi) is 16.7. The summed E-state index contributed by atoms with van der Waals surface area (Å²) in [4.78, 5) is 16.8. The molecule has 0 aliphatic carbocycles. The minimum absolute atomic E-state index is 0.0300. The second kappa shape index (κ2) is 17.1. The highest BCUT2D eigenvalue weighted by Gasteiger charge is 2.25. The summed E-state index contributed by atoms with van der Waals surface area (Å²) in [6.45, 7) is 8.38. The van der Waals surface area contributed by atoms with Crippen molar-refractivity contribution < 1.29 is 24.2 Å². The molecule has 0 saturated heterocycles. The number of carbonyl (C=O) groups is 1. The molecular weight excluding hydrogens is 310 g/mol. The number of ether oxygens (including phenoxy) is 2. The number of unbranched alkanes of at least 4 members (excludes halogenated alkanes) is 3. The maximum atomic E-state index is 11.3. The van der Waals surface area contributed by atoms with Crippen LogP contribution in [0.2, 0.25) is 0 Å². The minimum Gasteiger partial charge on any atom is -0.396 e. The average molecular weight is 347 g/mol. The first-order valence-corrected chi connectivity index (χ1v) is 9.42. The zero-order chi connectivity index (χ0) is 18.0. The molecule has 2 atom stereocenters. The van der Waals surface area contributed by atoms with Crippen LogP contribution in [0.1, 0.15) is 65.7 Å². The lowest BCUT2D eigenvalue weighted by atomic mass is 10.1. The van der Waals surface area contributed by atoms with Crippen LogP contribution in [0.3, 0.4) is 0 Å². The zero-order valence-corrected chi connectivity index (χ0v) is 15.7. The topological polar surface area (TPSA) is 68.2 Å². The molecule has 0 heterocycles. The molecule has 0 aromatic rings. The van der Waals surface area contributed by atoms with E-state index in [0.29, 0.717) is 39.2 Å². The van der Waals surface area contributed by atoms with Gasteiger partial charge in [0.05, 0.1) is 19.3 Å². The molecule has 0 rings (SSSR count). The van der Waals surface area contributed by atoms with Crippen LogP contribution in [0.5, 0.6) is 0 Å². The Bertz CT molecular complexity index is 278. The first kappa shape index (κ1) is 23.3. The molecule has 0 aromatic heterocycles. The third-order valence-corrected chi connectivity index (χ3v) is 3.72. The van der Waals surface area contributed by atoms with Gasteiger partial charge in [-0.2, -0.15) is 0 Å². The van der Waals surface area contributed by atoms with Crippen LogP contribution in [-0.2, 0) is 19.1 Å². The van der Waals surface area contributed by atoms with Gasteiger partial charge in [-0.25, -0.2) is 5.06 Å². The lowest BCUT2D eigenvalue weighted by Crippen LogP contribution is -2.42. The summed E-state index contributed by atoms with van der Waals surface area (Å²) in [6, 6.07) is 0. The number of aliphatic hydroxyl groups excluding tert-OH is 1. The van der Waals surface area contributed by atoms with Gasteiger partial charge in [-0.15, -0.1) is 0 Å². The summed E-state index contributed by atoms with van der Waals surface area (Å²) in [5, 5.41) is 10.6. The van der Waals surface area contributed by atoms with Crippen molar-refractivity contribution in [1.29, 1.82) is 0 Å². The van der Waals surface area contributed by atoms with Crippen LogP contribution < -0.4 is 0 Å². The summed E-state index contributed by atoms with van der Waals surface area (Å²) < 4.78 is 11.9. The maximum Gasteiger partial charge on any atom is 0.233 e. The van der Waals surface area contributed by atoms with Gasteiger partial charge in [0.1, 0.15) is 6.10 Å². The first-order valence-electron chi connectivity index (χ1n) is 9.42. The number of hydrogen-bond acceptors (Lipinski definition) is 5. The Morgan fingerprint density at radius 3 is 1.96 bits per heavy atom. The average Bonchev–Trinajstić information content (AvgIpc) is 2.59. The Morgan fingerprint density at radius 2 is 1.46 bits per heavy atom. The molecule has 6 heteroatoms. The fourth-order valence-electron chi connectivity index (χ4n) is 2.17. The van der Waals surface area contributed by atoms with Gasteiger partial charge in [0.15, 0.2) is 0 Å². The van der Waals surface area contributed by atoms with E-state index in [4.69, 9.17) is 14.3 Å². The Morgan fingerprint density at radius 1 is 0.917 bits per heavy atom. The van der Waals surface area contributed by atoms with Crippen molar-refractivity contribution in [2.24, 2.45) is 0 Å².